The summed E-state index contributed by atoms with van der Waals surface area (Å²) >= 11 is 1.09. The van der Waals surface area contributed by atoms with Gasteiger partial charge in [-0.25, -0.2) is 0 Å². The first kappa shape index (κ1) is 9.40. The molecule has 0 spiro atoms. The van der Waals surface area contributed by atoms with Crippen molar-refractivity contribution in [2.45, 2.75) is 24.3 Å². The van der Waals surface area contributed by atoms with Gasteiger partial charge < -0.3 is 10.4 Å². The summed E-state index contributed by atoms with van der Waals surface area (Å²) < 4.78 is 0. The van der Waals surface area contributed by atoms with Crippen molar-refractivity contribution in [3.05, 3.63) is 18.2 Å². The number of carbonyl (C=O) groups excluding carboxylic acids is 1. The highest BCUT2D eigenvalue weighted by Crippen LogP contribution is 2.42. The zero-order valence-corrected chi connectivity index (χ0v) is 8.81. The molecule has 74 valence electrons. The molecule has 1 aliphatic rings. The Morgan fingerprint density at radius 2 is 2.14 bits per heavy atom. The van der Waals surface area contributed by atoms with Gasteiger partial charge in [-0.05, 0) is 37.7 Å². The van der Waals surface area contributed by atoms with E-state index in [1.807, 2.05) is 19.9 Å². The van der Waals surface area contributed by atoms with E-state index in [4.69, 9.17) is 0 Å². The van der Waals surface area contributed by atoms with Crippen LogP contribution in [0.3, 0.4) is 0 Å². The smallest absolute Gasteiger partial charge is 0.218 e. The highest BCUT2D eigenvalue weighted by atomic mass is 32.2. The van der Waals surface area contributed by atoms with Crippen molar-refractivity contribution in [3.63, 3.8) is 0 Å². The number of thioether (sulfide) groups is 1. The van der Waals surface area contributed by atoms with Crippen molar-refractivity contribution >= 4 is 22.6 Å². The van der Waals surface area contributed by atoms with Gasteiger partial charge >= 0.3 is 0 Å². The number of hydrogen-bond donors (Lipinski definition) is 2. The number of phenols is 1. The molecule has 1 aliphatic heterocycles. The third-order valence-corrected chi connectivity index (χ3v) is 3.48. The number of nitrogens with one attached hydrogen (secondary N) is 1. The van der Waals surface area contributed by atoms with Gasteiger partial charge in [0.2, 0.25) is 5.12 Å². The average molecular weight is 209 g/mol. The van der Waals surface area contributed by atoms with Crippen LogP contribution < -0.4 is 5.32 Å². The van der Waals surface area contributed by atoms with E-state index in [9.17, 15) is 9.90 Å². The summed E-state index contributed by atoms with van der Waals surface area (Å²) in [5, 5.41) is 12.6. The van der Waals surface area contributed by atoms with E-state index in [2.05, 4.69) is 5.32 Å². The maximum absolute atomic E-state index is 11.6. The van der Waals surface area contributed by atoms with Crippen molar-refractivity contribution < 1.29 is 9.90 Å². The number of anilines is 1. The summed E-state index contributed by atoms with van der Waals surface area (Å²) in [6.07, 6.45) is 0. The molecule has 0 fully saturated rings. The first-order valence-electron chi connectivity index (χ1n) is 4.33. The van der Waals surface area contributed by atoms with Crippen LogP contribution in [0, 0.1) is 0 Å². The van der Waals surface area contributed by atoms with Gasteiger partial charge in [0.25, 0.3) is 0 Å². The highest BCUT2D eigenvalue weighted by molar-refractivity contribution is 8.14. The second-order valence-electron chi connectivity index (χ2n) is 3.79. The minimum Gasteiger partial charge on any atom is -0.507 e. The van der Waals surface area contributed by atoms with E-state index in [1.165, 1.54) is 0 Å². The third-order valence-electron chi connectivity index (χ3n) is 2.15. The molecule has 3 nitrogen and oxygen atoms in total. The molecule has 1 aromatic rings. The molecule has 2 N–H and O–H groups in total. The van der Waals surface area contributed by atoms with Crippen molar-refractivity contribution in [3.8, 4) is 5.75 Å². The van der Waals surface area contributed by atoms with Crippen LogP contribution in [0.4, 0.5) is 5.69 Å². The molecule has 0 atom stereocenters. The fraction of sp³-hybridized carbons (Fsp3) is 0.300. The van der Waals surface area contributed by atoms with E-state index >= 15 is 0 Å². The number of benzene rings is 1. The molecule has 1 heterocycles. The summed E-state index contributed by atoms with van der Waals surface area (Å²) in [5.74, 6) is 0.156. The summed E-state index contributed by atoms with van der Waals surface area (Å²) in [7, 11) is 0. The SMILES string of the molecule is CC1(C)Nc2cccc(O)c2SC1=O. The van der Waals surface area contributed by atoms with E-state index in [0.29, 0.717) is 4.90 Å². The fourth-order valence-electron chi connectivity index (χ4n) is 1.34. The zero-order chi connectivity index (χ0) is 10.3. The van der Waals surface area contributed by atoms with Crippen molar-refractivity contribution in [1.82, 2.24) is 0 Å². The van der Waals surface area contributed by atoms with Crippen LogP contribution in [-0.4, -0.2) is 15.8 Å². The Labute approximate surface area is 86.5 Å². The second-order valence-corrected chi connectivity index (χ2v) is 4.78. The van der Waals surface area contributed by atoms with Crippen molar-refractivity contribution in [2.24, 2.45) is 0 Å². The van der Waals surface area contributed by atoms with E-state index in [-0.39, 0.29) is 10.9 Å². The van der Waals surface area contributed by atoms with Crippen LogP contribution in [0.5, 0.6) is 5.75 Å². The van der Waals surface area contributed by atoms with Gasteiger partial charge in [-0.1, -0.05) is 6.07 Å². The maximum atomic E-state index is 11.6. The second kappa shape index (κ2) is 2.92. The average Bonchev–Trinajstić information content (AvgIpc) is 2.08. The Balaban J connectivity index is 2.51. The monoisotopic (exact) mass is 209 g/mol. The number of phenolic OH excluding ortho intramolecular Hbond substituents is 1. The third kappa shape index (κ3) is 1.35. The molecule has 2 rings (SSSR count). The molecular formula is C10H11NO2S. The molecular weight excluding hydrogens is 198 g/mol. The predicted octanol–water partition coefficient (Wildman–Crippen LogP) is 2.22. The van der Waals surface area contributed by atoms with Crippen LogP contribution in [0.15, 0.2) is 23.1 Å². The van der Waals surface area contributed by atoms with Crippen LogP contribution in [-0.2, 0) is 4.79 Å². The Bertz CT molecular complexity index is 401. The largest absolute Gasteiger partial charge is 0.507 e. The topological polar surface area (TPSA) is 49.3 Å². The molecule has 0 saturated heterocycles. The van der Waals surface area contributed by atoms with E-state index in [1.54, 1.807) is 12.1 Å². The lowest BCUT2D eigenvalue weighted by Gasteiger charge is -2.31. The standard InChI is InChI=1S/C10H11NO2S/c1-10(2)9(13)14-8-6(11-10)4-3-5-7(8)12/h3-5,11-12H,1-2H3. The maximum Gasteiger partial charge on any atom is 0.218 e. The van der Waals surface area contributed by atoms with Crippen LogP contribution in [0.1, 0.15) is 13.8 Å². The molecule has 0 radical (unpaired) electrons. The lowest BCUT2D eigenvalue weighted by Crippen LogP contribution is -2.40. The van der Waals surface area contributed by atoms with Gasteiger partial charge in [-0.2, -0.15) is 0 Å². The Morgan fingerprint density at radius 3 is 2.86 bits per heavy atom. The first-order chi connectivity index (χ1) is 6.50. The molecule has 1 aromatic carbocycles. The summed E-state index contributed by atoms with van der Waals surface area (Å²) in [6, 6.07) is 5.20. The van der Waals surface area contributed by atoms with Gasteiger partial charge in [0.1, 0.15) is 11.3 Å². The fourth-order valence-corrected chi connectivity index (χ4v) is 2.23. The van der Waals surface area contributed by atoms with Gasteiger partial charge in [0.05, 0.1) is 10.6 Å². The van der Waals surface area contributed by atoms with Crippen molar-refractivity contribution in [2.75, 3.05) is 5.32 Å². The van der Waals surface area contributed by atoms with Crippen molar-refractivity contribution in [1.29, 1.82) is 0 Å². The zero-order valence-electron chi connectivity index (χ0n) is 8.00. The van der Waals surface area contributed by atoms with E-state index < -0.39 is 5.54 Å². The van der Waals surface area contributed by atoms with Crippen LogP contribution in [0.25, 0.3) is 0 Å². The molecule has 0 aromatic heterocycles. The molecule has 0 bridgehead atoms. The lowest BCUT2D eigenvalue weighted by atomic mass is 10.1. The molecule has 0 aliphatic carbocycles. The highest BCUT2D eigenvalue weighted by Gasteiger charge is 2.34. The Hall–Kier alpha value is -1.16. The van der Waals surface area contributed by atoms with Gasteiger partial charge in [-0.3, -0.25) is 4.79 Å². The van der Waals surface area contributed by atoms with Gasteiger partial charge in [0, 0.05) is 0 Å². The molecule has 0 unspecified atom stereocenters. The van der Waals surface area contributed by atoms with Crippen LogP contribution in [0.2, 0.25) is 0 Å². The molecule has 0 amide bonds. The summed E-state index contributed by atoms with van der Waals surface area (Å²) in [4.78, 5) is 12.2. The molecule has 0 saturated carbocycles. The lowest BCUT2D eigenvalue weighted by molar-refractivity contribution is -0.114. The minimum atomic E-state index is -0.564. The van der Waals surface area contributed by atoms with E-state index in [0.717, 1.165) is 17.4 Å². The number of carbonyl (C=O) groups is 1. The number of aromatic hydroxyl groups is 1. The van der Waals surface area contributed by atoms with Gasteiger partial charge in [-0.15, -0.1) is 0 Å². The summed E-state index contributed by atoms with van der Waals surface area (Å²) in [6.45, 7) is 3.66. The number of hydrogen-bond acceptors (Lipinski definition) is 4. The quantitative estimate of drug-likeness (QED) is 0.688. The summed E-state index contributed by atoms with van der Waals surface area (Å²) in [5.41, 5.74) is 0.255. The van der Waals surface area contributed by atoms with Gasteiger partial charge in [0.15, 0.2) is 0 Å². The first-order valence-corrected chi connectivity index (χ1v) is 5.15. The molecule has 4 heteroatoms. The Kier molecular flexibility index (Phi) is 1.96. The minimum absolute atomic E-state index is 0.0199. The normalized spacial score (nSPS) is 18.6. The van der Waals surface area contributed by atoms with Crippen LogP contribution >= 0.6 is 11.8 Å². The molecule has 14 heavy (non-hydrogen) atoms. The number of fused-ring (bicyclic) bond motifs is 1. The predicted molar refractivity (Wildman–Crippen MR) is 56.7 cm³/mol. The Morgan fingerprint density at radius 1 is 1.43 bits per heavy atom. The number of rotatable bonds is 0.